The highest BCUT2D eigenvalue weighted by Crippen LogP contribution is 2.40. The molecule has 1 fully saturated rings. The van der Waals surface area contributed by atoms with Crippen LogP contribution in [0.3, 0.4) is 0 Å². The third-order valence-corrected chi connectivity index (χ3v) is 5.59. The number of cyclic esters (lactones) is 1. The van der Waals surface area contributed by atoms with Crippen molar-refractivity contribution in [3.8, 4) is 0 Å². The summed E-state index contributed by atoms with van der Waals surface area (Å²) in [7, 11) is 0. The van der Waals surface area contributed by atoms with Crippen LogP contribution < -0.4 is 0 Å². The van der Waals surface area contributed by atoms with Crippen LogP contribution in [-0.2, 0) is 15.1 Å². The predicted molar refractivity (Wildman–Crippen MR) is 104 cm³/mol. The summed E-state index contributed by atoms with van der Waals surface area (Å²) in [4.78, 5) is 25.5. The van der Waals surface area contributed by atoms with Crippen molar-refractivity contribution in [2.45, 2.75) is 37.8 Å². The molecule has 1 heterocycles. The van der Waals surface area contributed by atoms with E-state index in [1.807, 2.05) is 61.5 Å². The van der Waals surface area contributed by atoms with Gasteiger partial charge in [-0.15, -0.1) is 0 Å². The summed E-state index contributed by atoms with van der Waals surface area (Å²) in [6, 6.07) is 17.6. The maximum atomic E-state index is 12.8. The van der Waals surface area contributed by atoms with Crippen molar-refractivity contribution in [3.63, 3.8) is 0 Å². The molecule has 1 aliphatic rings. The first kappa shape index (κ1) is 18.6. The van der Waals surface area contributed by atoms with Crippen LogP contribution in [0.2, 0.25) is 0 Å². The zero-order valence-electron chi connectivity index (χ0n) is 14.7. The topological polar surface area (TPSA) is 46.6 Å². The molecule has 0 N–H and O–H groups in total. The fraction of sp³-hybridized carbons (Fsp3) is 0.333. The summed E-state index contributed by atoms with van der Waals surface area (Å²) in [5.41, 5.74) is 1.28. The van der Waals surface area contributed by atoms with E-state index in [0.29, 0.717) is 25.8 Å². The second-order valence-corrected chi connectivity index (χ2v) is 7.52. The Labute approximate surface area is 162 Å². The van der Waals surface area contributed by atoms with E-state index in [2.05, 4.69) is 15.9 Å². The second-order valence-electron chi connectivity index (χ2n) is 6.60. The van der Waals surface area contributed by atoms with Gasteiger partial charge in [-0.25, -0.2) is 4.79 Å². The van der Waals surface area contributed by atoms with Crippen LogP contribution in [0.4, 0.5) is 4.79 Å². The number of hydrogen-bond donors (Lipinski definition) is 0. The maximum absolute atomic E-state index is 12.8. The van der Waals surface area contributed by atoms with Gasteiger partial charge in [0.2, 0.25) is 0 Å². The Hall–Kier alpha value is -2.14. The molecule has 0 unspecified atom stereocenters. The highest BCUT2D eigenvalue weighted by atomic mass is 79.9. The molecular formula is C21H22BrNO3. The van der Waals surface area contributed by atoms with Crippen molar-refractivity contribution in [2.24, 2.45) is 0 Å². The fourth-order valence-corrected chi connectivity index (χ4v) is 3.76. The zero-order valence-corrected chi connectivity index (χ0v) is 16.3. The number of hydrogen-bond acceptors (Lipinski definition) is 3. The van der Waals surface area contributed by atoms with Gasteiger partial charge in [-0.1, -0.05) is 58.4 Å². The summed E-state index contributed by atoms with van der Waals surface area (Å²) < 4.78 is 6.97. The van der Waals surface area contributed by atoms with Crippen molar-refractivity contribution in [2.75, 3.05) is 6.54 Å². The van der Waals surface area contributed by atoms with Crippen LogP contribution in [0.25, 0.3) is 0 Å². The lowest BCUT2D eigenvalue weighted by Crippen LogP contribution is -2.48. The van der Waals surface area contributed by atoms with E-state index < -0.39 is 5.60 Å². The maximum Gasteiger partial charge on any atom is 0.411 e. The van der Waals surface area contributed by atoms with Gasteiger partial charge in [0.05, 0.1) is 6.04 Å². The first-order valence-corrected chi connectivity index (χ1v) is 9.59. The molecule has 0 aromatic heterocycles. The summed E-state index contributed by atoms with van der Waals surface area (Å²) in [5.74, 6) is 0. The number of carbonyl (C=O) groups is 2. The SMILES string of the molecule is C[C@@H](c1ccc(Br)cc1)N1CC[C@](CCC=O)(c2ccccc2)OC1=O. The minimum atomic E-state index is -0.727. The lowest BCUT2D eigenvalue weighted by atomic mass is 9.84. The molecule has 5 heteroatoms. The highest BCUT2D eigenvalue weighted by molar-refractivity contribution is 9.10. The Morgan fingerprint density at radius 2 is 1.88 bits per heavy atom. The molecule has 1 aliphatic heterocycles. The summed E-state index contributed by atoms with van der Waals surface area (Å²) in [5, 5.41) is 0. The van der Waals surface area contributed by atoms with Gasteiger partial charge in [0, 0.05) is 23.9 Å². The van der Waals surface area contributed by atoms with E-state index >= 15 is 0 Å². The Bertz CT molecular complexity index is 763. The molecule has 3 rings (SSSR count). The van der Waals surface area contributed by atoms with Crippen molar-refractivity contribution in [1.29, 1.82) is 0 Å². The fourth-order valence-electron chi connectivity index (χ4n) is 3.50. The summed E-state index contributed by atoms with van der Waals surface area (Å²) in [6.45, 7) is 2.59. The molecule has 0 radical (unpaired) electrons. The van der Waals surface area contributed by atoms with Gasteiger partial charge in [-0.3, -0.25) is 0 Å². The summed E-state index contributed by atoms with van der Waals surface area (Å²) in [6.07, 6.45) is 2.09. The quantitative estimate of drug-likeness (QED) is 0.606. The van der Waals surface area contributed by atoms with Gasteiger partial charge in [0.15, 0.2) is 0 Å². The first-order valence-electron chi connectivity index (χ1n) is 8.80. The van der Waals surface area contributed by atoms with E-state index in [4.69, 9.17) is 4.74 Å². The number of halogens is 1. The molecule has 1 amide bonds. The molecule has 0 spiro atoms. The second kappa shape index (κ2) is 8.04. The van der Waals surface area contributed by atoms with Crippen LogP contribution in [0, 0.1) is 0 Å². The third-order valence-electron chi connectivity index (χ3n) is 5.06. The lowest BCUT2D eigenvalue weighted by molar-refractivity contribution is -0.111. The van der Waals surface area contributed by atoms with Crippen LogP contribution >= 0.6 is 15.9 Å². The molecule has 0 bridgehead atoms. The number of ether oxygens (including phenoxy) is 1. The van der Waals surface area contributed by atoms with Crippen molar-refractivity contribution in [1.82, 2.24) is 4.90 Å². The first-order chi connectivity index (χ1) is 12.6. The van der Waals surface area contributed by atoms with Crippen molar-refractivity contribution >= 4 is 28.3 Å². The molecule has 4 nitrogen and oxygen atoms in total. The third kappa shape index (κ3) is 3.83. The minimum absolute atomic E-state index is 0.0737. The largest absolute Gasteiger partial charge is 0.438 e. The molecule has 0 saturated carbocycles. The molecule has 2 aromatic rings. The van der Waals surface area contributed by atoms with E-state index in [1.165, 1.54) is 0 Å². The van der Waals surface area contributed by atoms with Gasteiger partial charge in [0.1, 0.15) is 11.9 Å². The highest BCUT2D eigenvalue weighted by Gasteiger charge is 2.43. The molecule has 2 aromatic carbocycles. The monoisotopic (exact) mass is 415 g/mol. The van der Waals surface area contributed by atoms with E-state index in [0.717, 1.165) is 21.9 Å². The van der Waals surface area contributed by atoms with Gasteiger partial charge in [-0.2, -0.15) is 0 Å². The average molecular weight is 416 g/mol. The van der Waals surface area contributed by atoms with Gasteiger partial charge in [0.25, 0.3) is 0 Å². The Morgan fingerprint density at radius 3 is 2.50 bits per heavy atom. The Balaban J connectivity index is 1.81. The number of rotatable bonds is 6. The number of amides is 1. The zero-order chi connectivity index (χ0) is 18.6. The van der Waals surface area contributed by atoms with E-state index in [1.54, 1.807) is 4.90 Å². The number of benzene rings is 2. The standard InChI is InChI=1S/C21H22BrNO3/c1-16(17-8-10-19(22)11-9-17)23-14-13-21(12-5-15-24,26-20(23)25)18-6-3-2-4-7-18/h2-4,6-11,15-16H,5,12-14H2,1H3/t16-,21+/m0/s1. The van der Waals surface area contributed by atoms with Gasteiger partial charge in [-0.05, 0) is 36.6 Å². The van der Waals surface area contributed by atoms with Gasteiger partial charge >= 0.3 is 6.09 Å². The Kier molecular flexibility index (Phi) is 5.77. The normalized spacial score (nSPS) is 21.2. The van der Waals surface area contributed by atoms with Gasteiger partial charge < -0.3 is 14.4 Å². The number of aldehydes is 1. The Morgan fingerprint density at radius 1 is 1.19 bits per heavy atom. The van der Waals surface area contributed by atoms with Crippen LogP contribution in [0.15, 0.2) is 59.1 Å². The molecule has 0 aliphatic carbocycles. The van der Waals surface area contributed by atoms with Crippen molar-refractivity contribution in [3.05, 3.63) is 70.2 Å². The van der Waals surface area contributed by atoms with Crippen LogP contribution in [0.1, 0.15) is 43.4 Å². The summed E-state index contributed by atoms with van der Waals surface area (Å²) >= 11 is 3.43. The minimum Gasteiger partial charge on any atom is -0.438 e. The number of carbonyl (C=O) groups excluding carboxylic acids is 2. The van der Waals surface area contributed by atoms with Crippen LogP contribution in [0.5, 0.6) is 0 Å². The lowest BCUT2D eigenvalue weighted by Gasteiger charge is -2.43. The molecule has 1 saturated heterocycles. The smallest absolute Gasteiger partial charge is 0.411 e. The molecule has 136 valence electrons. The number of nitrogens with zero attached hydrogens (tertiary/aromatic N) is 1. The average Bonchev–Trinajstić information content (AvgIpc) is 2.67. The van der Waals surface area contributed by atoms with E-state index in [-0.39, 0.29) is 12.1 Å². The molecular weight excluding hydrogens is 394 g/mol. The predicted octanol–water partition coefficient (Wildman–Crippen LogP) is 5.23. The molecule has 2 atom stereocenters. The molecule has 26 heavy (non-hydrogen) atoms. The van der Waals surface area contributed by atoms with Crippen molar-refractivity contribution < 1.29 is 14.3 Å². The van der Waals surface area contributed by atoms with Crippen LogP contribution in [-0.4, -0.2) is 23.8 Å². The van der Waals surface area contributed by atoms with E-state index in [9.17, 15) is 9.59 Å².